The van der Waals surface area contributed by atoms with E-state index in [4.69, 9.17) is 9.79 Å². The highest BCUT2D eigenvalue weighted by Crippen LogP contribution is 2.43. The summed E-state index contributed by atoms with van der Waals surface area (Å²) < 4.78 is 15.7. The van der Waals surface area contributed by atoms with Crippen molar-refractivity contribution in [3.8, 4) is 17.2 Å². The third-order valence-corrected chi connectivity index (χ3v) is 3.57. The molecule has 23 heavy (non-hydrogen) atoms. The number of hydrogen-bond donors (Lipinski definition) is 4. The van der Waals surface area contributed by atoms with Gasteiger partial charge in [-0.15, -0.1) is 0 Å². The maximum atomic E-state index is 12.1. The molecule has 2 aromatic rings. The van der Waals surface area contributed by atoms with Gasteiger partial charge in [0.2, 0.25) is 0 Å². The highest BCUT2D eigenvalue weighted by molar-refractivity contribution is 7.46. The maximum absolute atomic E-state index is 12.1. The summed E-state index contributed by atoms with van der Waals surface area (Å²) in [4.78, 5) is 30.1. The van der Waals surface area contributed by atoms with Crippen molar-refractivity contribution in [2.24, 2.45) is 0 Å². The van der Waals surface area contributed by atoms with Crippen LogP contribution in [0, 0.1) is 0 Å². The smallest absolute Gasteiger partial charge is 0.508 e. The van der Waals surface area contributed by atoms with Crippen molar-refractivity contribution in [2.75, 3.05) is 0 Å². The maximum Gasteiger partial charge on any atom is 0.524 e. The van der Waals surface area contributed by atoms with Crippen molar-refractivity contribution in [2.45, 2.75) is 12.8 Å². The van der Waals surface area contributed by atoms with Gasteiger partial charge < -0.3 is 14.7 Å². The third kappa shape index (κ3) is 4.32. The molecule has 1 unspecified atom stereocenters. The first-order valence-corrected chi connectivity index (χ1v) is 8.08. The van der Waals surface area contributed by atoms with Crippen molar-refractivity contribution >= 4 is 13.6 Å². The van der Waals surface area contributed by atoms with Gasteiger partial charge in [-0.3, -0.25) is 14.6 Å². The van der Waals surface area contributed by atoms with Crippen LogP contribution in [0.15, 0.2) is 42.5 Å². The lowest BCUT2D eigenvalue weighted by molar-refractivity contribution is -0.117. The van der Waals surface area contributed by atoms with Crippen LogP contribution in [0.3, 0.4) is 0 Å². The quantitative estimate of drug-likeness (QED) is 0.617. The highest BCUT2D eigenvalue weighted by Gasteiger charge is 2.27. The number of phenolic OH excluding ortho intramolecular Hbond substituents is 2. The predicted octanol–water partition coefficient (Wildman–Crippen LogP) is 2.29. The van der Waals surface area contributed by atoms with E-state index in [9.17, 15) is 19.6 Å². The Bertz CT molecular complexity index is 781. The van der Waals surface area contributed by atoms with Crippen molar-refractivity contribution < 1.29 is 33.9 Å². The van der Waals surface area contributed by atoms with Crippen LogP contribution in [0.4, 0.5) is 0 Å². The Morgan fingerprint density at radius 3 is 2.30 bits per heavy atom. The van der Waals surface area contributed by atoms with E-state index in [-0.39, 0.29) is 28.6 Å². The molecule has 4 N–H and O–H groups in total. The van der Waals surface area contributed by atoms with Gasteiger partial charge in [0.25, 0.3) is 0 Å². The molecule has 2 aromatic carbocycles. The molecular weight excluding hydrogens is 323 g/mol. The zero-order valence-electron chi connectivity index (χ0n) is 12.1. The Kier molecular flexibility index (Phi) is 4.75. The fourth-order valence-electron chi connectivity index (χ4n) is 2.31. The molecule has 0 aliphatic heterocycles. The highest BCUT2D eigenvalue weighted by atomic mass is 31.2. The molecule has 0 saturated carbocycles. The monoisotopic (exact) mass is 338 g/mol. The van der Waals surface area contributed by atoms with Gasteiger partial charge in [0.05, 0.1) is 5.92 Å². The Morgan fingerprint density at radius 1 is 1.09 bits per heavy atom. The fourth-order valence-corrected chi connectivity index (χ4v) is 2.73. The molecule has 0 saturated heterocycles. The largest absolute Gasteiger partial charge is 0.524 e. The van der Waals surface area contributed by atoms with E-state index < -0.39 is 13.7 Å². The molecule has 1 atom stereocenters. The second kappa shape index (κ2) is 6.42. The molecule has 0 radical (unpaired) electrons. The van der Waals surface area contributed by atoms with Crippen LogP contribution < -0.4 is 4.52 Å². The summed E-state index contributed by atoms with van der Waals surface area (Å²) in [5.41, 5.74) is 0.491. The van der Waals surface area contributed by atoms with E-state index in [1.54, 1.807) is 6.07 Å². The summed E-state index contributed by atoms with van der Waals surface area (Å²) in [5.74, 6) is -1.79. The number of phenols is 2. The van der Waals surface area contributed by atoms with E-state index in [0.717, 1.165) is 0 Å². The van der Waals surface area contributed by atoms with Crippen molar-refractivity contribution in [3.05, 3.63) is 53.6 Å². The normalized spacial score (nSPS) is 12.7. The lowest BCUT2D eigenvalue weighted by atomic mass is 9.87. The van der Waals surface area contributed by atoms with Crippen molar-refractivity contribution in [1.82, 2.24) is 0 Å². The minimum absolute atomic E-state index is 0.0636. The number of phosphoric ester groups is 1. The Morgan fingerprint density at radius 2 is 1.74 bits per heavy atom. The number of Topliss-reactive ketones (excluding diaryl/α,β-unsaturated/α-hetero) is 1. The third-order valence-electron chi connectivity index (χ3n) is 3.13. The fraction of sp³-hybridized carbons (Fsp3) is 0.133. The Hall–Kier alpha value is -2.34. The Labute approximate surface area is 132 Å². The lowest BCUT2D eigenvalue weighted by Gasteiger charge is -2.19. The van der Waals surface area contributed by atoms with Crippen LogP contribution in [0.2, 0.25) is 0 Å². The van der Waals surface area contributed by atoms with Crippen LogP contribution >= 0.6 is 7.82 Å². The molecule has 2 rings (SSSR count). The standard InChI is InChI=1S/C15H15O7P/c1-9(16)15(10-3-2-4-11(17)7-10)13-8-12(18)5-6-14(13)22-23(19,20)21/h2-8,15,17-18H,1H3,(H2,19,20,21). The first-order chi connectivity index (χ1) is 10.7. The molecule has 0 fully saturated rings. The molecule has 0 aliphatic carbocycles. The number of ketones is 1. The summed E-state index contributed by atoms with van der Waals surface area (Å²) in [6, 6.07) is 9.45. The predicted molar refractivity (Wildman–Crippen MR) is 81.4 cm³/mol. The molecule has 7 nitrogen and oxygen atoms in total. The number of carbonyl (C=O) groups is 1. The first-order valence-electron chi connectivity index (χ1n) is 6.55. The Balaban J connectivity index is 2.61. The van der Waals surface area contributed by atoms with Gasteiger partial charge >= 0.3 is 7.82 Å². The van der Waals surface area contributed by atoms with Crippen LogP contribution in [0.25, 0.3) is 0 Å². The van der Waals surface area contributed by atoms with Gasteiger partial charge in [-0.05, 0) is 42.8 Å². The van der Waals surface area contributed by atoms with E-state index in [1.165, 1.54) is 43.3 Å². The van der Waals surface area contributed by atoms with Gasteiger partial charge in [-0.2, -0.15) is 0 Å². The van der Waals surface area contributed by atoms with Crippen LogP contribution in [0.1, 0.15) is 24.0 Å². The van der Waals surface area contributed by atoms with Crippen molar-refractivity contribution in [1.29, 1.82) is 0 Å². The van der Waals surface area contributed by atoms with E-state index in [0.29, 0.717) is 5.56 Å². The molecule has 0 aliphatic rings. The lowest BCUT2D eigenvalue weighted by Crippen LogP contribution is -2.12. The zero-order valence-corrected chi connectivity index (χ0v) is 13.0. The second-order valence-electron chi connectivity index (χ2n) is 4.94. The summed E-state index contributed by atoms with van der Waals surface area (Å²) in [6.45, 7) is 1.29. The molecule has 0 bridgehead atoms. The van der Waals surface area contributed by atoms with Crippen LogP contribution in [-0.2, 0) is 9.36 Å². The summed E-state index contributed by atoms with van der Waals surface area (Å²) in [5, 5.41) is 19.2. The van der Waals surface area contributed by atoms with E-state index >= 15 is 0 Å². The molecule has 0 aromatic heterocycles. The summed E-state index contributed by atoms with van der Waals surface area (Å²) in [6.07, 6.45) is 0. The number of phosphoric acid groups is 1. The number of hydrogen-bond acceptors (Lipinski definition) is 5. The topological polar surface area (TPSA) is 124 Å². The van der Waals surface area contributed by atoms with Crippen LogP contribution in [0.5, 0.6) is 17.2 Å². The molecule has 122 valence electrons. The number of benzene rings is 2. The molecule has 0 amide bonds. The van der Waals surface area contributed by atoms with Gasteiger partial charge in [0, 0.05) is 5.56 Å². The van der Waals surface area contributed by atoms with E-state index in [1.807, 2.05) is 0 Å². The molecule has 0 heterocycles. The number of aromatic hydroxyl groups is 2. The van der Waals surface area contributed by atoms with Gasteiger partial charge in [0.1, 0.15) is 23.0 Å². The van der Waals surface area contributed by atoms with Gasteiger partial charge in [-0.25, -0.2) is 4.57 Å². The number of carbonyl (C=O) groups excluding carboxylic acids is 1. The average molecular weight is 338 g/mol. The molecular formula is C15H15O7P. The van der Waals surface area contributed by atoms with Gasteiger partial charge in [0.15, 0.2) is 0 Å². The minimum atomic E-state index is -4.84. The first kappa shape index (κ1) is 17.0. The average Bonchev–Trinajstić information content (AvgIpc) is 2.40. The minimum Gasteiger partial charge on any atom is -0.508 e. The van der Waals surface area contributed by atoms with Gasteiger partial charge in [-0.1, -0.05) is 12.1 Å². The van der Waals surface area contributed by atoms with E-state index in [2.05, 4.69) is 4.52 Å². The zero-order chi connectivity index (χ0) is 17.2. The number of rotatable bonds is 5. The SMILES string of the molecule is CC(=O)C(c1cccc(O)c1)c1cc(O)ccc1OP(=O)(O)O. The second-order valence-corrected chi connectivity index (χ2v) is 6.11. The van der Waals surface area contributed by atoms with Crippen LogP contribution in [-0.4, -0.2) is 25.8 Å². The molecule has 8 heteroatoms. The van der Waals surface area contributed by atoms with Crippen molar-refractivity contribution in [3.63, 3.8) is 0 Å². The summed E-state index contributed by atoms with van der Waals surface area (Å²) in [7, 11) is -4.84. The summed E-state index contributed by atoms with van der Waals surface area (Å²) >= 11 is 0. The molecule has 0 spiro atoms.